The van der Waals surface area contributed by atoms with E-state index in [2.05, 4.69) is 31.2 Å². The minimum atomic E-state index is 0.279. The van der Waals surface area contributed by atoms with Crippen LogP contribution in [0.4, 0.5) is 0 Å². The topological polar surface area (TPSA) is 43.8 Å². The van der Waals surface area contributed by atoms with Crippen molar-refractivity contribution >= 4 is 0 Å². The molecule has 18 heavy (non-hydrogen) atoms. The first-order valence-corrected chi connectivity index (χ1v) is 7.44. The van der Waals surface area contributed by atoms with Gasteiger partial charge in [-0.3, -0.25) is 4.68 Å². The third-order valence-corrected chi connectivity index (χ3v) is 4.08. The van der Waals surface area contributed by atoms with Gasteiger partial charge in [0.1, 0.15) is 0 Å². The molecule has 1 heterocycles. The summed E-state index contributed by atoms with van der Waals surface area (Å²) in [5.41, 5.74) is 7.36. The van der Waals surface area contributed by atoms with Crippen LogP contribution >= 0.6 is 0 Å². The summed E-state index contributed by atoms with van der Waals surface area (Å²) in [4.78, 5) is 0. The number of nitrogens with zero attached hydrogens (tertiary/aromatic N) is 2. The van der Waals surface area contributed by atoms with E-state index in [1.807, 2.05) is 4.68 Å². The van der Waals surface area contributed by atoms with Crippen LogP contribution in [0.5, 0.6) is 0 Å². The van der Waals surface area contributed by atoms with Crippen LogP contribution < -0.4 is 5.73 Å². The highest BCUT2D eigenvalue weighted by Gasteiger charge is 2.16. The predicted octanol–water partition coefficient (Wildman–Crippen LogP) is 3.30. The standard InChI is InChI=1S/C15H27N3/c1-12(2)18-10-9-15(17-18)11-14(16)8-7-13-5-3-4-6-13/h9-10,12-14H,3-8,11,16H2,1-2H3. The molecule has 0 spiro atoms. The number of rotatable bonds is 6. The van der Waals surface area contributed by atoms with E-state index in [-0.39, 0.29) is 6.04 Å². The number of hydrogen-bond donors (Lipinski definition) is 1. The van der Waals surface area contributed by atoms with Gasteiger partial charge in [0.05, 0.1) is 5.69 Å². The highest BCUT2D eigenvalue weighted by atomic mass is 15.3. The zero-order chi connectivity index (χ0) is 13.0. The molecular formula is C15H27N3. The fourth-order valence-electron chi connectivity index (χ4n) is 2.89. The lowest BCUT2D eigenvalue weighted by molar-refractivity contribution is 0.443. The van der Waals surface area contributed by atoms with Gasteiger partial charge in [0.2, 0.25) is 0 Å². The van der Waals surface area contributed by atoms with Gasteiger partial charge in [-0.15, -0.1) is 0 Å². The molecule has 0 aromatic carbocycles. The molecular weight excluding hydrogens is 222 g/mol. The van der Waals surface area contributed by atoms with Gasteiger partial charge in [0.25, 0.3) is 0 Å². The van der Waals surface area contributed by atoms with Crippen molar-refractivity contribution in [2.75, 3.05) is 0 Å². The van der Waals surface area contributed by atoms with E-state index in [0.717, 1.165) is 24.5 Å². The minimum absolute atomic E-state index is 0.279. The Hall–Kier alpha value is -0.830. The third-order valence-electron chi connectivity index (χ3n) is 4.08. The molecule has 102 valence electrons. The molecule has 0 radical (unpaired) electrons. The summed E-state index contributed by atoms with van der Waals surface area (Å²) in [5, 5.41) is 4.57. The average molecular weight is 249 g/mol. The van der Waals surface area contributed by atoms with E-state index >= 15 is 0 Å². The van der Waals surface area contributed by atoms with Crippen LogP contribution in [-0.2, 0) is 6.42 Å². The second kappa shape index (κ2) is 6.37. The quantitative estimate of drug-likeness (QED) is 0.840. The van der Waals surface area contributed by atoms with Gasteiger partial charge < -0.3 is 5.73 Å². The van der Waals surface area contributed by atoms with E-state index in [9.17, 15) is 0 Å². The number of nitrogens with two attached hydrogens (primary N) is 1. The molecule has 2 rings (SSSR count). The van der Waals surface area contributed by atoms with Crippen LogP contribution in [0.2, 0.25) is 0 Å². The molecule has 3 heteroatoms. The molecule has 0 amide bonds. The van der Waals surface area contributed by atoms with Crippen LogP contribution in [0.1, 0.15) is 64.1 Å². The van der Waals surface area contributed by atoms with Crippen LogP contribution in [0.25, 0.3) is 0 Å². The maximum atomic E-state index is 6.22. The zero-order valence-corrected chi connectivity index (χ0v) is 11.8. The second-order valence-electron chi connectivity index (χ2n) is 6.07. The van der Waals surface area contributed by atoms with Gasteiger partial charge in [-0.2, -0.15) is 5.10 Å². The molecule has 1 aromatic heterocycles. The molecule has 1 aromatic rings. The van der Waals surface area contributed by atoms with Crippen LogP contribution in [0.3, 0.4) is 0 Å². The third kappa shape index (κ3) is 3.84. The highest BCUT2D eigenvalue weighted by molar-refractivity contribution is 5.01. The number of aromatic nitrogens is 2. The van der Waals surface area contributed by atoms with Crippen molar-refractivity contribution in [1.29, 1.82) is 0 Å². The van der Waals surface area contributed by atoms with E-state index in [0.29, 0.717) is 6.04 Å². The van der Waals surface area contributed by atoms with Crippen molar-refractivity contribution in [2.45, 2.75) is 70.9 Å². The average Bonchev–Trinajstić information content (AvgIpc) is 2.96. The summed E-state index contributed by atoms with van der Waals surface area (Å²) in [7, 11) is 0. The maximum absolute atomic E-state index is 6.22. The summed E-state index contributed by atoms with van der Waals surface area (Å²) in [6, 6.07) is 2.82. The normalized spacial score (nSPS) is 18.7. The summed E-state index contributed by atoms with van der Waals surface area (Å²) >= 11 is 0. The van der Waals surface area contributed by atoms with E-state index < -0.39 is 0 Å². The van der Waals surface area contributed by atoms with Crippen molar-refractivity contribution in [3.05, 3.63) is 18.0 Å². The lowest BCUT2D eigenvalue weighted by atomic mass is 9.97. The Morgan fingerprint density at radius 2 is 2.11 bits per heavy atom. The van der Waals surface area contributed by atoms with Crippen LogP contribution in [0, 0.1) is 5.92 Å². The molecule has 1 fully saturated rings. The summed E-state index contributed by atoms with van der Waals surface area (Å²) < 4.78 is 2.01. The Morgan fingerprint density at radius 1 is 1.39 bits per heavy atom. The second-order valence-corrected chi connectivity index (χ2v) is 6.07. The first-order valence-electron chi connectivity index (χ1n) is 7.44. The molecule has 1 aliphatic carbocycles. The summed E-state index contributed by atoms with van der Waals surface area (Å²) in [5.74, 6) is 0.948. The minimum Gasteiger partial charge on any atom is -0.327 e. The van der Waals surface area contributed by atoms with Gasteiger partial charge in [-0.1, -0.05) is 25.7 Å². The van der Waals surface area contributed by atoms with Crippen molar-refractivity contribution in [1.82, 2.24) is 9.78 Å². The highest BCUT2D eigenvalue weighted by Crippen LogP contribution is 2.28. The summed E-state index contributed by atoms with van der Waals surface area (Å²) in [6.07, 6.45) is 11.2. The lowest BCUT2D eigenvalue weighted by Crippen LogP contribution is -2.24. The van der Waals surface area contributed by atoms with E-state index in [4.69, 9.17) is 5.73 Å². The molecule has 1 aliphatic rings. The smallest absolute Gasteiger partial charge is 0.0640 e. The van der Waals surface area contributed by atoms with E-state index in [1.165, 1.54) is 32.1 Å². The Bertz CT molecular complexity index is 350. The summed E-state index contributed by atoms with van der Waals surface area (Å²) in [6.45, 7) is 4.30. The molecule has 2 N–H and O–H groups in total. The van der Waals surface area contributed by atoms with Gasteiger partial charge in [-0.05, 0) is 38.7 Å². The van der Waals surface area contributed by atoms with Gasteiger partial charge >= 0.3 is 0 Å². The van der Waals surface area contributed by atoms with Gasteiger partial charge in [-0.25, -0.2) is 0 Å². The SMILES string of the molecule is CC(C)n1ccc(CC(N)CCC2CCCC2)n1. The van der Waals surface area contributed by atoms with E-state index in [1.54, 1.807) is 0 Å². The fourth-order valence-corrected chi connectivity index (χ4v) is 2.89. The molecule has 0 bridgehead atoms. The molecule has 1 unspecified atom stereocenters. The van der Waals surface area contributed by atoms with Gasteiger partial charge in [0.15, 0.2) is 0 Å². The Kier molecular flexibility index (Phi) is 4.81. The van der Waals surface area contributed by atoms with Crippen LogP contribution in [-0.4, -0.2) is 15.8 Å². The first kappa shape index (κ1) is 13.6. The van der Waals surface area contributed by atoms with Crippen molar-refractivity contribution in [3.63, 3.8) is 0 Å². The molecule has 3 nitrogen and oxygen atoms in total. The van der Waals surface area contributed by atoms with Crippen molar-refractivity contribution < 1.29 is 0 Å². The van der Waals surface area contributed by atoms with Crippen molar-refractivity contribution in [3.8, 4) is 0 Å². The predicted molar refractivity (Wildman–Crippen MR) is 75.5 cm³/mol. The zero-order valence-electron chi connectivity index (χ0n) is 11.8. The van der Waals surface area contributed by atoms with Crippen molar-refractivity contribution in [2.24, 2.45) is 11.7 Å². The molecule has 1 saturated carbocycles. The molecule has 1 atom stereocenters. The number of hydrogen-bond acceptors (Lipinski definition) is 2. The Morgan fingerprint density at radius 3 is 2.72 bits per heavy atom. The maximum Gasteiger partial charge on any atom is 0.0640 e. The first-order chi connectivity index (χ1) is 8.65. The largest absolute Gasteiger partial charge is 0.327 e. The van der Waals surface area contributed by atoms with Crippen LogP contribution in [0.15, 0.2) is 12.3 Å². The lowest BCUT2D eigenvalue weighted by Gasteiger charge is -2.13. The Balaban J connectivity index is 1.73. The molecule has 0 saturated heterocycles. The Labute approximate surface area is 111 Å². The van der Waals surface area contributed by atoms with Gasteiger partial charge in [0, 0.05) is 24.7 Å². The monoisotopic (exact) mass is 249 g/mol. The molecule has 0 aliphatic heterocycles. The fraction of sp³-hybridized carbons (Fsp3) is 0.800.